The smallest absolute Gasteiger partial charge is 0.262 e. The monoisotopic (exact) mass is 315 g/mol. The lowest BCUT2D eigenvalue weighted by Gasteiger charge is -2.21. The van der Waals surface area contributed by atoms with Gasteiger partial charge in [-0.05, 0) is 30.9 Å². The standard InChI is InChI=1S/C17H21N3O3/c21-17(13-23-16-4-2-1-3-5-16)19-15-10-18-20(12-15)11-14-6-8-22-9-7-14/h1-5,10,12,14H,6-9,11,13H2,(H,19,21). The van der Waals surface area contributed by atoms with Gasteiger partial charge in [-0.1, -0.05) is 18.2 Å². The van der Waals surface area contributed by atoms with E-state index in [1.54, 1.807) is 6.20 Å². The first-order chi connectivity index (χ1) is 11.3. The van der Waals surface area contributed by atoms with E-state index in [0.717, 1.165) is 32.6 Å². The second-order valence-electron chi connectivity index (χ2n) is 5.66. The molecule has 1 aromatic heterocycles. The summed E-state index contributed by atoms with van der Waals surface area (Å²) < 4.78 is 12.7. The van der Waals surface area contributed by atoms with Crippen LogP contribution in [0.25, 0.3) is 0 Å². The van der Waals surface area contributed by atoms with E-state index >= 15 is 0 Å². The third-order valence-electron chi connectivity index (χ3n) is 3.82. The van der Waals surface area contributed by atoms with Gasteiger partial charge in [-0.15, -0.1) is 0 Å². The number of hydrogen-bond donors (Lipinski definition) is 1. The van der Waals surface area contributed by atoms with Gasteiger partial charge >= 0.3 is 0 Å². The molecule has 1 aliphatic rings. The third-order valence-corrected chi connectivity index (χ3v) is 3.82. The fourth-order valence-corrected chi connectivity index (χ4v) is 2.58. The van der Waals surface area contributed by atoms with Crippen molar-refractivity contribution >= 4 is 11.6 Å². The van der Waals surface area contributed by atoms with E-state index in [1.165, 1.54) is 0 Å². The number of rotatable bonds is 6. The van der Waals surface area contributed by atoms with E-state index in [2.05, 4.69) is 10.4 Å². The summed E-state index contributed by atoms with van der Waals surface area (Å²) in [6.07, 6.45) is 5.65. The molecule has 122 valence electrons. The Morgan fingerprint density at radius 2 is 2.09 bits per heavy atom. The molecule has 0 saturated carbocycles. The number of ether oxygens (including phenoxy) is 2. The second kappa shape index (κ2) is 7.78. The first kappa shape index (κ1) is 15.6. The number of nitrogens with zero attached hydrogens (tertiary/aromatic N) is 2. The van der Waals surface area contributed by atoms with Gasteiger partial charge < -0.3 is 14.8 Å². The van der Waals surface area contributed by atoms with E-state index in [9.17, 15) is 4.79 Å². The van der Waals surface area contributed by atoms with Gasteiger partial charge in [-0.2, -0.15) is 5.10 Å². The molecule has 6 nitrogen and oxygen atoms in total. The Hall–Kier alpha value is -2.34. The van der Waals surface area contributed by atoms with E-state index in [-0.39, 0.29) is 12.5 Å². The minimum atomic E-state index is -0.195. The highest BCUT2D eigenvalue weighted by atomic mass is 16.5. The van der Waals surface area contributed by atoms with Gasteiger partial charge in [0.05, 0.1) is 11.9 Å². The highest BCUT2D eigenvalue weighted by molar-refractivity contribution is 5.91. The van der Waals surface area contributed by atoms with Crippen molar-refractivity contribution in [2.75, 3.05) is 25.1 Å². The predicted molar refractivity (Wildman–Crippen MR) is 86.3 cm³/mol. The fraction of sp³-hybridized carbons (Fsp3) is 0.412. The number of carbonyl (C=O) groups excluding carboxylic acids is 1. The topological polar surface area (TPSA) is 65.4 Å². The van der Waals surface area contributed by atoms with Crippen molar-refractivity contribution in [2.24, 2.45) is 5.92 Å². The molecule has 6 heteroatoms. The predicted octanol–water partition coefficient (Wildman–Crippen LogP) is 2.33. The maximum atomic E-state index is 11.9. The summed E-state index contributed by atoms with van der Waals surface area (Å²) in [6, 6.07) is 9.28. The molecule has 0 atom stereocenters. The van der Waals surface area contributed by atoms with Gasteiger partial charge in [-0.3, -0.25) is 9.48 Å². The van der Waals surface area contributed by atoms with Crippen LogP contribution in [0.15, 0.2) is 42.7 Å². The molecular weight excluding hydrogens is 294 g/mol. The Morgan fingerprint density at radius 1 is 1.30 bits per heavy atom. The Bertz CT molecular complexity index is 621. The Morgan fingerprint density at radius 3 is 2.87 bits per heavy atom. The first-order valence-corrected chi connectivity index (χ1v) is 7.87. The van der Waals surface area contributed by atoms with E-state index in [0.29, 0.717) is 17.4 Å². The van der Waals surface area contributed by atoms with E-state index < -0.39 is 0 Å². The normalized spacial score (nSPS) is 15.3. The molecule has 1 fully saturated rings. The molecule has 1 amide bonds. The zero-order valence-corrected chi connectivity index (χ0v) is 13.0. The lowest BCUT2D eigenvalue weighted by atomic mass is 10.0. The largest absolute Gasteiger partial charge is 0.484 e. The molecule has 23 heavy (non-hydrogen) atoms. The number of para-hydroxylation sites is 1. The molecule has 0 unspecified atom stereocenters. The minimum absolute atomic E-state index is 0.0187. The molecule has 1 aliphatic heterocycles. The molecule has 0 radical (unpaired) electrons. The number of nitrogens with one attached hydrogen (secondary N) is 1. The van der Waals surface area contributed by atoms with Gasteiger partial charge in [0.1, 0.15) is 5.75 Å². The maximum Gasteiger partial charge on any atom is 0.262 e. The number of anilines is 1. The zero-order chi connectivity index (χ0) is 15.9. The molecule has 1 saturated heterocycles. The Kier molecular flexibility index (Phi) is 5.26. The number of carbonyl (C=O) groups is 1. The number of hydrogen-bond acceptors (Lipinski definition) is 4. The molecule has 2 heterocycles. The van der Waals surface area contributed by atoms with Gasteiger partial charge in [0.25, 0.3) is 5.91 Å². The van der Waals surface area contributed by atoms with Crippen molar-refractivity contribution in [2.45, 2.75) is 19.4 Å². The lowest BCUT2D eigenvalue weighted by molar-refractivity contribution is -0.118. The average molecular weight is 315 g/mol. The summed E-state index contributed by atoms with van der Waals surface area (Å²) in [5.41, 5.74) is 0.693. The van der Waals surface area contributed by atoms with Crippen molar-refractivity contribution < 1.29 is 14.3 Å². The molecule has 1 N–H and O–H groups in total. The van der Waals surface area contributed by atoms with E-state index in [1.807, 2.05) is 41.2 Å². The highest BCUT2D eigenvalue weighted by Gasteiger charge is 2.15. The summed E-state index contributed by atoms with van der Waals surface area (Å²) >= 11 is 0. The Labute approximate surface area is 135 Å². The average Bonchev–Trinajstić information content (AvgIpc) is 3.02. The molecule has 1 aromatic carbocycles. The zero-order valence-electron chi connectivity index (χ0n) is 13.0. The van der Waals surface area contributed by atoms with Crippen molar-refractivity contribution in [1.29, 1.82) is 0 Å². The van der Waals surface area contributed by atoms with Crippen LogP contribution in [0.5, 0.6) is 5.75 Å². The maximum absolute atomic E-state index is 11.9. The summed E-state index contributed by atoms with van der Waals surface area (Å²) in [7, 11) is 0. The Balaban J connectivity index is 1.45. The van der Waals surface area contributed by atoms with Gasteiger partial charge in [0.15, 0.2) is 6.61 Å². The summed E-state index contributed by atoms with van der Waals surface area (Å²) in [4.78, 5) is 11.9. The van der Waals surface area contributed by atoms with Gasteiger partial charge in [0, 0.05) is 26.0 Å². The fourth-order valence-electron chi connectivity index (χ4n) is 2.58. The van der Waals surface area contributed by atoms with Crippen molar-refractivity contribution in [3.8, 4) is 5.75 Å². The van der Waals surface area contributed by atoms with Crippen LogP contribution in [-0.4, -0.2) is 35.5 Å². The summed E-state index contributed by atoms with van der Waals surface area (Å²) in [5, 5.41) is 7.10. The van der Waals surface area contributed by atoms with E-state index in [4.69, 9.17) is 9.47 Å². The van der Waals surface area contributed by atoms with Crippen molar-refractivity contribution in [3.63, 3.8) is 0 Å². The van der Waals surface area contributed by atoms with Crippen LogP contribution >= 0.6 is 0 Å². The third kappa shape index (κ3) is 4.82. The van der Waals surface area contributed by atoms with Crippen LogP contribution in [-0.2, 0) is 16.1 Å². The van der Waals surface area contributed by atoms with Crippen LogP contribution in [0, 0.1) is 5.92 Å². The molecular formula is C17H21N3O3. The van der Waals surface area contributed by atoms with Crippen LogP contribution in [0.3, 0.4) is 0 Å². The minimum Gasteiger partial charge on any atom is -0.484 e. The van der Waals surface area contributed by atoms with Crippen LogP contribution < -0.4 is 10.1 Å². The molecule has 0 spiro atoms. The lowest BCUT2D eigenvalue weighted by Crippen LogP contribution is -2.21. The molecule has 0 aliphatic carbocycles. The highest BCUT2D eigenvalue weighted by Crippen LogP contribution is 2.17. The molecule has 0 bridgehead atoms. The first-order valence-electron chi connectivity index (χ1n) is 7.87. The molecule has 3 rings (SSSR count). The second-order valence-corrected chi connectivity index (χ2v) is 5.66. The van der Waals surface area contributed by atoms with Crippen LogP contribution in [0.1, 0.15) is 12.8 Å². The quantitative estimate of drug-likeness (QED) is 0.888. The number of aromatic nitrogens is 2. The van der Waals surface area contributed by atoms with Crippen molar-refractivity contribution in [3.05, 3.63) is 42.7 Å². The van der Waals surface area contributed by atoms with Crippen LogP contribution in [0.2, 0.25) is 0 Å². The molecule has 2 aromatic rings. The van der Waals surface area contributed by atoms with Crippen molar-refractivity contribution in [1.82, 2.24) is 9.78 Å². The van der Waals surface area contributed by atoms with Crippen LogP contribution in [0.4, 0.5) is 5.69 Å². The summed E-state index contributed by atoms with van der Waals surface area (Å²) in [6.45, 7) is 2.49. The van der Waals surface area contributed by atoms with Gasteiger partial charge in [-0.25, -0.2) is 0 Å². The number of amides is 1. The number of benzene rings is 1. The summed E-state index contributed by atoms with van der Waals surface area (Å²) in [5.74, 6) is 1.07. The SMILES string of the molecule is O=C(COc1ccccc1)Nc1cnn(CC2CCOCC2)c1. The van der Waals surface area contributed by atoms with Gasteiger partial charge in [0.2, 0.25) is 0 Å².